The summed E-state index contributed by atoms with van der Waals surface area (Å²) in [6, 6.07) is 5.18. The number of benzene rings is 1. The van der Waals surface area contributed by atoms with Gasteiger partial charge in [-0.3, -0.25) is 4.98 Å². The largest absolute Gasteiger partial charge is 0.495 e. The number of nitrogens with one attached hydrogen (secondary N) is 1. The van der Waals surface area contributed by atoms with Gasteiger partial charge in [0.2, 0.25) is 0 Å². The van der Waals surface area contributed by atoms with Gasteiger partial charge in [-0.1, -0.05) is 13.0 Å². The molecule has 1 unspecified atom stereocenters. The van der Waals surface area contributed by atoms with Gasteiger partial charge in [0.25, 0.3) is 0 Å². The van der Waals surface area contributed by atoms with Crippen LogP contribution >= 0.6 is 0 Å². The molecule has 1 N–H and O–H groups in total. The van der Waals surface area contributed by atoms with Gasteiger partial charge in [0.05, 0.1) is 19.3 Å². The van der Waals surface area contributed by atoms with Crippen LogP contribution in [-0.4, -0.2) is 18.6 Å². The SMILES string of the molecule is CCNC(c1ccncc1OC)c1c(C)cc(C)cc1F. The molecular formula is C17H21FN2O. The molecule has 0 amide bonds. The number of halogens is 1. The lowest BCUT2D eigenvalue weighted by molar-refractivity contribution is 0.401. The average Bonchev–Trinajstić information content (AvgIpc) is 2.45. The zero-order valence-corrected chi connectivity index (χ0v) is 12.9. The number of hydrogen-bond donors (Lipinski definition) is 1. The van der Waals surface area contributed by atoms with Gasteiger partial charge in [-0.25, -0.2) is 4.39 Å². The van der Waals surface area contributed by atoms with Crippen LogP contribution in [0.2, 0.25) is 0 Å². The third-order valence-corrected chi connectivity index (χ3v) is 3.53. The number of nitrogens with zero attached hydrogens (tertiary/aromatic N) is 1. The molecule has 0 saturated carbocycles. The van der Waals surface area contributed by atoms with E-state index in [-0.39, 0.29) is 11.9 Å². The van der Waals surface area contributed by atoms with Crippen LogP contribution in [0, 0.1) is 19.7 Å². The van der Waals surface area contributed by atoms with E-state index in [1.54, 1.807) is 25.6 Å². The molecule has 2 aromatic rings. The molecule has 0 radical (unpaired) electrons. The maximum absolute atomic E-state index is 14.5. The Morgan fingerprint density at radius 3 is 2.71 bits per heavy atom. The highest BCUT2D eigenvalue weighted by atomic mass is 19.1. The number of ether oxygens (including phenoxy) is 1. The number of aromatic nitrogens is 1. The van der Waals surface area contributed by atoms with Crippen molar-refractivity contribution < 1.29 is 9.13 Å². The lowest BCUT2D eigenvalue weighted by Crippen LogP contribution is -2.24. The molecule has 4 heteroatoms. The molecule has 2 rings (SSSR count). The Kier molecular flexibility index (Phi) is 4.91. The van der Waals surface area contributed by atoms with Gasteiger partial charge in [0.15, 0.2) is 0 Å². The van der Waals surface area contributed by atoms with Crippen LogP contribution in [0.1, 0.15) is 35.2 Å². The molecule has 0 bridgehead atoms. The molecule has 1 aromatic heterocycles. The van der Waals surface area contributed by atoms with E-state index in [9.17, 15) is 4.39 Å². The van der Waals surface area contributed by atoms with Crippen LogP contribution in [0.15, 0.2) is 30.6 Å². The minimum absolute atomic E-state index is 0.197. The van der Waals surface area contributed by atoms with Gasteiger partial charge in [0, 0.05) is 17.3 Å². The maximum Gasteiger partial charge on any atom is 0.142 e. The molecule has 0 aliphatic heterocycles. The molecule has 21 heavy (non-hydrogen) atoms. The van der Waals surface area contributed by atoms with E-state index in [1.165, 1.54) is 0 Å². The second kappa shape index (κ2) is 6.68. The quantitative estimate of drug-likeness (QED) is 0.913. The van der Waals surface area contributed by atoms with Crippen molar-refractivity contribution in [2.45, 2.75) is 26.8 Å². The van der Waals surface area contributed by atoms with Crippen LogP contribution in [0.5, 0.6) is 5.75 Å². The van der Waals surface area contributed by atoms with Crippen molar-refractivity contribution in [3.63, 3.8) is 0 Å². The summed E-state index contributed by atoms with van der Waals surface area (Å²) in [5.74, 6) is 0.458. The minimum Gasteiger partial charge on any atom is -0.495 e. The highest BCUT2D eigenvalue weighted by molar-refractivity contribution is 5.44. The molecule has 1 heterocycles. The first-order chi connectivity index (χ1) is 10.1. The molecule has 3 nitrogen and oxygen atoms in total. The van der Waals surface area contributed by atoms with E-state index in [0.717, 1.165) is 23.2 Å². The van der Waals surface area contributed by atoms with Gasteiger partial charge in [-0.15, -0.1) is 0 Å². The average molecular weight is 288 g/mol. The van der Waals surface area contributed by atoms with Crippen LogP contribution in [-0.2, 0) is 0 Å². The highest BCUT2D eigenvalue weighted by Gasteiger charge is 2.22. The predicted octanol–water partition coefficient (Wildman–Crippen LogP) is 3.55. The van der Waals surface area contributed by atoms with Crippen molar-refractivity contribution >= 4 is 0 Å². The Hall–Kier alpha value is -1.94. The van der Waals surface area contributed by atoms with Crippen molar-refractivity contribution in [1.82, 2.24) is 10.3 Å². The number of methoxy groups -OCH3 is 1. The van der Waals surface area contributed by atoms with Gasteiger partial charge < -0.3 is 10.1 Å². The number of hydrogen-bond acceptors (Lipinski definition) is 3. The Morgan fingerprint density at radius 2 is 2.10 bits per heavy atom. The van der Waals surface area contributed by atoms with Crippen LogP contribution in [0.3, 0.4) is 0 Å². The Morgan fingerprint density at radius 1 is 1.33 bits per heavy atom. The summed E-state index contributed by atoms with van der Waals surface area (Å²) in [6.07, 6.45) is 3.35. The number of pyridine rings is 1. The molecule has 112 valence electrons. The Balaban J connectivity index is 2.59. The van der Waals surface area contributed by atoms with Crippen LogP contribution < -0.4 is 10.1 Å². The van der Waals surface area contributed by atoms with E-state index in [0.29, 0.717) is 11.3 Å². The maximum atomic E-state index is 14.5. The Labute approximate surface area is 125 Å². The number of rotatable bonds is 5. The second-order valence-electron chi connectivity index (χ2n) is 5.09. The topological polar surface area (TPSA) is 34.2 Å². The summed E-state index contributed by atoms with van der Waals surface area (Å²) in [7, 11) is 1.60. The number of aryl methyl sites for hydroxylation is 2. The zero-order valence-electron chi connectivity index (χ0n) is 12.9. The monoisotopic (exact) mass is 288 g/mol. The Bertz CT molecular complexity index is 605. The first-order valence-electron chi connectivity index (χ1n) is 7.06. The summed E-state index contributed by atoms with van der Waals surface area (Å²) in [4.78, 5) is 4.06. The molecule has 0 aliphatic rings. The first kappa shape index (κ1) is 15.4. The molecular weight excluding hydrogens is 267 g/mol. The molecule has 0 saturated heterocycles. The molecule has 0 aliphatic carbocycles. The molecule has 0 spiro atoms. The smallest absolute Gasteiger partial charge is 0.142 e. The van der Waals surface area contributed by atoms with Crippen LogP contribution in [0.25, 0.3) is 0 Å². The summed E-state index contributed by atoms with van der Waals surface area (Å²) >= 11 is 0. The second-order valence-corrected chi connectivity index (χ2v) is 5.09. The van der Waals surface area contributed by atoms with E-state index >= 15 is 0 Å². The third-order valence-electron chi connectivity index (χ3n) is 3.53. The third kappa shape index (κ3) is 3.22. The van der Waals surface area contributed by atoms with Crippen molar-refractivity contribution in [2.75, 3.05) is 13.7 Å². The standard InChI is InChI=1S/C17H21FN2O/c1-5-20-17(13-6-7-19-10-15(13)21-4)16-12(3)8-11(2)9-14(16)18/h6-10,17,20H,5H2,1-4H3. The summed E-state index contributed by atoms with van der Waals surface area (Å²) in [5, 5.41) is 3.34. The first-order valence-corrected chi connectivity index (χ1v) is 7.06. The van der Waals surface area contributed by atoms with Gasteiger partial charge >= 0.3 is 0 Å². The van der Waals surface area contributed by atoms with Crippen LogP contribution in [0.4, 0.5) is 4.39 Å². The minimum atomic E-state index is -0.256. The van der Waals surface area contributed by atoms with E-state index in [2.05, 4.69) is 10.3 Å². The van der Waals surface area contributed by atoms with E-state index < -0.39 is 0 Å². The van der Waals surface area contributed by atoms with Crippen molar-refractivity contribution in [2.24, 2.45) is 0 Å². The molecule has 1 atom stereocenters. The summed E-state index contributed by atoms with van der Waals surface area (Å²) in [5.41, 5.74) is 3.40. The fourth-order valence-corrected chi connectivity index (χ4v) is 2.66. The summed E-state index contributed by atoms with van der Waals surface area (Å²) in [6.45, 7) is 6.56. The van der Waals surface area contributed by atoms with E-state index in [4.69, 9.17) is 4.74 Å². The normalized spacial score (nSPS) is 12.2. The zero-order chi connectivity index (χ0) is 15.4. The lowest BCUT2D eigenvalue weighted by Gasteiger charge is -2.23. The predicted molar refractivity (Wildman–Crippen MR) is 82.2 cm³/mol. The van der Waals surface area contributed by atoms with Gasteiger partial charge in [-0.05, 0) is 43.7 Å². The van der Waals surface area contributed by atoms with Crippen molar-refractivity contribution in [1.29, 1.82) is 0 Å². The lowest BCUT2D eigenvalue weighted by atomic mass is 9.93. The van der Waals surface area contributed by atoms with E-state index in [1.807, 2.05) is 32.9 Å². The fraction of sp³-hybridized carbons (Fsp3) is 0.353. The molecule has 1 aromatic carbocycles. The molecule has 0 fully saturated rings. The highest BCUT2D eigenvalue weighted by Crippen LogP contribution is 2.32. The fourth-order valence-electron chi connectivity index (χ4n) is 2.66. The van der Waals surface area contributed by atoms with Crippen molar-refractivity contribution in [3.8, 4) is 5.75 Å². The van der Waals surface area contributed by atoms with Crippen molar-refractivity contribution in [3.05, 3.63) is 58.7 Å². The summed E-state index contributed by atoms with van der Waals surface area (Å²) < 4.78 is 19.9. The van der Waals surface area contributed by atoms with Gasteiger partial charge in [0.1, 0.15) is 11.6 Å². The van der Waals surface area contributed by atoms with Gasteiger partial charge in [-0.2, -0.15) is 0 Å².